The predicted octanol–water partition coefficient (Wildman–Crippen LogP) is 3.46. The van der Waals surface area contributed by atoms with Crippen molar-refractivity contribution in [2.45, 2.75) is 32.6 Å². The van der Waals surface area contributed by atoms with Crippen LogP contribution in [0.5, 0.6) is 5.75 Å². The Bertz CT molecular complexity index is 329. The van der Waals surface area contributed by atoms with Gasteiger partial charge in [0.1, 0.15) is 5.75 Å². The first-order valence-corrected chi connectivity index (χ1v) is 5.00. The van der Waals surface area contributed by atoms with Crippen LogP contribution in [0.15, 0.2) is 18.2 Å². The summed E-state index contributed by atoms with van der Waals surface area (Å²) in [6.45, 7) is 2.91. The molecule has 0 N–H and O–H groups in total. The van der Waals surface area contributed by atoms with Crippen LogP contribution in [-0.2, 0) is 12.8 Å². The first-order valence-electron chi connectivity index (χ1n) is 5.00. The second-order valence-corrected chi connectivity index (χ2v) is 3.75. The van der Waals surface area contributed by atoms with Crippen molar-refractivity contribution in [2.24, 2.45) is 0 Å². The minimum Gasteiger partial charge on any atom is -0.496 e. The number of hydrogen-bond acceptors (Lipinski definition) is 1. The maximum absolute atomic E-state index is 12.8. The standard InChI is InChI=1S/C12H16F2O/c1-4-10-7-9(8-12(2,13)14)5-6-11(10)15-3/h5-7H,4,8H2,1-3H3. The van der Waals surface area contributed by atoms with Crippen LogP contribution in [0.3, 0.4) is 0 Å². The molecule has 0 bridgehead atoms. The number of ether oxygens (including phenoxy) is 1. The summed E-state index contributed by atoms with van der Waals surface area (Å²) in [5, 5.41) is 0. The lowest BCUT2D eigenvalue weighted by molar-refractivity contribution is 0.0226. The summed E-state index contributed by atoms with van der Waals surface area (Å²) in [5.74, 6) is -1.89. The fraction of sp³-hybridized carbons (Fsp3) is 0.500. The van der Waals surface area contributed by atoms with Gasteiger partial charge in [-0.05, 0) is 30.5 Å². The van der Waals surface area contributed by atoms with E-state index < -0.39 is 5.92 Å². The molecule has 0 aliphatic carbocycles. The summed E-state index contributed by atoms with van der Waals surface area (Å²) in [6, 6.07) is 5.23. The number of alkyl halides is 2. The zero-order chi connectivity index (χ0) is 11.5. The Morgan fingerprint density at radius 2 is 2.00 bits per heavy atom. The summed E-state index contributed by atoms with van der Waals surface area (Å²) in [4.78, 5) is 0. The highest BCUT2D eigenvalue weighted by atomic mass is 19.3. The number of benzene rings is 1. The van der Waals surface area contributed by atoms with Gasteiger partial charge in [-0.15, -0.1) is 0 Å². The quantitative estimate of drug-likeness (QED) is 0.745. The zero-order valence-electron chi connectivity index (χ0n) is 9.31. The Balaban J connectivity index is 2.93. The highest BCUT2D eigenvalue weighted by Gasteiger charge is 2.21. The van der Waals surface area contributed by atoms with Gasteiger partial charge in [-0.3, -0.25) is 0 Å². The van der Waals surface area contributed by atoms with Gasteiger partial charge in [0.25, 0.3) is 0 Å². The lowest BCUT2D eigenvalue weighted by Crippen LogP contribution is -2.13. The Labute approximate surface area is 89.1 Å². The summed E-state index contributed by atoms with van der Waals surface area (Å²) >= 11 is 0. The maximum atomic E-state index is 12.8. The minimum atomic E-state index is -2.65. The van der Waals surface area contributed by atoms with Crippen molar-refractivity contribution in [3.8, 4) is 5.75 Å². The first kappa shape index (κ1) is 12.0. The molecule has 0 aromatic heterocycles. The Kier molecular flexibility index (Phi) is 3.66. The van der Waals surface area contributed by atoms with Gasteiger partial charge in [-0.2, -0.15) is 0 Å². The number of hydrogen-bond donors (Lipinski definition) is 0. The SMILES string of the molecule is CCc1cc(CC(C)(F)F)ccc1OC. The minimum absolute atomic E-state index is 0.218. The van der Waals surface area contributed by atoms with Crippen molar-refractivity contribution < 1.29 is 13.5 Å². The van der Waals surface area contributed by atoms with Gasteiger partial charge in [0, 0.05) is 6.42 Å². The second kappa shape index (κ2) is 4.60. The molecule has 3 heteroatoms. The molecular formula is C12H16F2O. The average molecular weight is 214 g/mol. The third-order valence-corrected chi connectivity index (χ3v) is 2.24. The fourth-order valence-electron chi connectivity index (χ4n) is 1.58. The van der Waals surface area contributed by atoms with E-state index in [1.165, 1.54) is 0 Å². The molecule has 84 valence electrons. The van der Waals surface area contributed by atoms with Gasteiger partial charge in [-0.1, -0.05) is 19.1 Å². The number of methoxy groups -OCH3 is 1. The fourth-order valence-corrected chi connectivity index (χ4v) is 1.58. The number of halogens is 2. The third-order valence-electron chi connectivity index (χ3n) is 2.24. The maximum Gasteiger partial charge on any atom is 0.249 e. The molecule has 0 spiro atoms. The molecule has 1 nitrogen and oxygen atoms in total. The Morgan fingerprint density at radius 1 is 1.33 bits per heavy atom. The van der Waals surface area contributed by atoms with Crippen molar-refractivity contribution >= 4 is 0 Å². The summed E-state index contributed by atoms with van der Waals surface area (Å²) in [7, 11) is 1.59. The summed E-state index contributed by atoms with van der Waals surface area (Å²) in [6.07, 6.45) is 0.566. The molecule has 0 atom stereocenters. The van der Waals surface area contributed by atoms with Crippen LogP contribution in [0.4, 0.5) is 8.78 Å². The van der Waals surface area contributed by atoms with Crippen LogP contribution < -0.4 is 4.74 Å². The van der Waals surface area contributed by atoms with Crippen LogP contribution in [-0.4, -0.2) is 13.0 Å². The molecule has 0 aliphatic heterocycles. The van der Waals surface area contributed by atoms with Crippen molar-refractivity contribution in [3.05, 3.63) is 29.3 Å². The van der Waals surface area contributed by atoms with E-state index in [9.17, 15) is 8.78 Å². The van der Waals surface area contributed by atoms with Gasteiger partial charge in [0.2, 0.25) is 5.92 Å². The van der Waals surface area contributed by atoms with Gasteiger partial charge in [0.05, 0.1) is 7.11 Å². The second-order valence-electron chi connectivity index (χ2n) is 3.75. The van der Waals surface area contributed by atoms with E-state index in [0.717, 1.165) is 24.7 Å². The van der Waals surface area contributed by atoms with E-state index in [-0.39, 0.29) is 6.42 Å². The molecule has 0 unspecified atom stereocenters. The first-order chi connectivity index (χ1) is 6.96. The van der Waals surface area contributed by atoms with Crippen LogP contribution in [0.2, 0.25) is 0 Å². The highest BCUT2D eigenvalue weighted by molar-refractivity contribution is 5.37. The molecule has 0 amide bonds. The molecule has 0 saturated carbocycles. The van der Waals surface area contributed by atoms with E-state index in [1.807, 2.05) is 6.92 Å². The third kappa shape index (κ3) is 3.50. The molecule has 0 radical (unpaired) electrons. The average Bonchev–Trinajstić information content (AvgIpc) is 2.15. The molecule has 15 heavy (non-hydrogen) atoms. The largest absolute Gasteiger partial charge is 0.496 e. The van der Waals surface area contributed by atoms with Gasteiger partial charge in [-0.25, -0.2) is 8.78 Å². The summed E-state index contributed by atoms with van der Waals surface area (Å²) < 4.78 is 30.7. The molecule has 0 fully saturated rings. The van der Waals surface area contributed by atoms with Crippen molar-refractivity contribution in [1.29, 1.82) is 0 Å². The van der Waals surface area contributed by atoms with Gasteiger partial charge >= 0.3 is 0 Å². The lowest BCUT2D eigenvalue weighted by Gasteiger charge is -2.12. The molecule has 1 rings (SSSR count). The van der Waals surface area contributed by atoms with Crippen molar-refractivity contribution in [1.82, 2.24) is 0 Å². The van der Waals surface area contributed by atoms with Crippen molar-refractivity contribution in [3.63, 3.8) is 0 Å². The van der Waals surface area contributed by atoms with Crippen molar-refractivity contribution in [2.75, 3.05) is 7.11 Å². The van der Waals surface area contributed by atoms with E-state index in [1.54, 1.807) is 25.3 Å². The topological polar surface area (TPSA) is 9.23 Å². The van der Waals surface area contributed by atoms with E-state index >= 15 is 0 Å². The van der Waals surface area contributed by atoms with E-state index in [4.69, 9.17) is 4.74 Å². The Morgan fingerprint density at radius 3 is 2.47 bits per heavy atom. The number of aryl methyl sites for hydroxylation is 1. The smallest absolute Gasteiger partial charge is 0.249 e. The molecule has 1 aromatic carbocycles. The molecule has 0 saturated heterocycles. The molecular weight excluding hydrogens is 198 g/mol. The predicted molar refractivity (Wildman–Crippen MR) is 56.7 cm³/mol. The highest BCUT2D eigenvalue weighted by Crippen LogP contribution is 2.24. The van der Waals surface area contributed by atoms with Crippen LogP contribution in [0.25, 0.3) is 0 Å². The van der Waals surface area contributed by atoms with Crippen LogP contribution in [0.1, 0.15) is 25.0 Å². The molecule has 0 heterocycles. The zero-order valence-corrected chi connectivity index (χ0v) is 9.31. The van der Waals surface area contributed by atoms with Crippen LogP contribution >= 0.6 is 0 Å². The van der Waals surface area contributed by atoms with E-state index in [2.05, 4.69) is 0 Å². The summed E-state index contributed by atoms with van der Waals surface area (Å²) in [5.41, 5.74) is 1.62. The molecule has 1 aromatic rings. The van der Waals surface area contributed by atoms with E-state index in [0.29, 0.717) is 5.56 Å². The number of rotatable bonds is 4. The molecule has 0 aliphatic rings. The monoisotopic (exact) mass is 214 g/mol. The van der Waals surface area contributed by atoms with Gasteiger partial charge < -0.3 is 4.74 Å². The lowest BCUT2D eigenvalue weighted by atomic mass is 10.0. The van der Waals surface area contributed by atoms with Crippen LogP contribution in [0, 0.1) is 0 Å². The Hall–Kier alpha value is -1.12. The van der Waals surface area contributed by atoms with Gasteiger partial charge in [0.15, 0.2) is 0 Å². The normalized spacial score (nSPS) is 11.5.